The Balaban J connectivity index is 1.35. The third kappa shape index (κ3) is 4.39. The zero-order valence-electron chi connectivity index (χ0n) is 20.8. The van der Waals surface area contributed by atoms with Gasteiger partial charge in [-0.05, 0) is 53.6 Å². The number of para-hydroxylation sites is 1. The highest BCUT2D eigenvalue weighted by Crippen LogP contribution is 2.42. The van der Waals surface area contributed by atoms with Crippen molar-refractivity contribution in [2.45, 2.75) is 25.5 Å². The Bertz CT molecular complexity index is 1920. The molecule has 1 aliphatic carbocycles. The minimum Gasteiger partial charge on any atom is -0.488 e. The molecule has 7 heteroatoms. The quantitative estimate of drug-likeness (QED) is 0.240. The third-order valence-electron chi connectivity index (χ3n) is 7.23. The van der Waals surface area contributed by atoms with Crippen molar-refractivity contribution >= 4 is 46.0 Å². The Morgan fingerprint density at radius 2 is 1.79 bits per heavy atom. The molecule has 0 unspecified atom stereocenters. The van der Waals surface area contributed by atoms with Crippen LogP contribution in [0.1, 0.15) is 39.6 Å². The number of fused-ring (bicyclic) bond motifs is 3. The lowest BCUT2D eigenvalue weighted by Gasteiger charge is -2.30. The summed E-state index contributed by atoms with van der Waals surface area (Å²) in [7, 11) is 0. The molecule has 0 saturated carbocycles. The summed E-state index contributed by atoms with van der Waals surface area (Å²) in [4.78, 5) is 21.0. The number of aromatic nitrogens is 1. The molecule has 0 saturated heterocycles. The molecule has 2 aliphatic rings. The van der Waals surface area contributed by atoms with Gasteiger partial charge in [-0.2, -0.15) is 0 Å². The summed E-state index contributed by atoms with van der Waals surface area (Å²) in [6.07, 6.45) is 3.77. The maximum absolute atomic E-state index is 14.0. The lowest BCUT2D eigenvalue weighted by atomic mass is 9.85. The van der Waals surface area contributed by atoms with Crippen molar-refractivity contribution in [2.75, 3.05) is 0 Å². The van der Waals surface area contributed by atoms with Crippen molar-refractivity contribution < 1.29 is 4.74 Å². The largest absolute Gasteiger partial charge is 0.488 e. The predicted octanol–water partition coefficient (Wildman–Crippen LogP) is 6.61. The molecule has 0 bridgehead atoms. The van der Waals surface area contributed by atoms with Gasteiger partial charge in [-0.1, -0.05) is 89.7 Å². The number of thiophene rings is 1. The first-order chi connectivity index (χ1) is 19.2. The van der Waals surface area contributed by atoms with Gasteiger partial charge in [-0.15, -0.1) is 11.3 Å². The fourth-order valence-corrected chi connectivity index (χ4v) is 7.39. The summed E-state index contributed by atoms with van der Waals surface area (Å²) >= 11 is 9.46. The number of hydrogen-bond acceptors (Lipinski definition) is 5. The van der Waals surface area contributed by atoms with Crippen molar-refractivity contribution in [3.8, 4) is 5.75 Å². The van der Waals surface area contributed by atoms with Gasteiger partial charge >= 0.3 is 0 Å². The van der Waals surface area contributed by atoms with E-state index in [9.17, 15) is 4.79 Å². The van der Waals surface area contributed by atoms with E-state index in [2.05, 4.69) is 41.8 Å². The Morgan fingerprint density at radius 1 is 0.974 bits per heavy atom. The van der Waals surface area contributed by atoms with Gasteiger partial charge in [0.2, 0.25) is 0 Å². The first-order valence-corrected chi connectivity index (χ1v) is 14.9. The molecular formula is C32H23ClN2O2S2. The zero-order chi connectivity index (χ0) is 26.3. The van der Waals surface area contributed by atoms with Crippen LogP contribution in [0.2, 0.25) is 5.02 Å². The lowest BCUT2D eigenvalue weighted by molar-refractivity contribution is 0.305. The SMILES string of the molecule is O=c1/c(=C/c2ccccc2OCc2ccccc2Cl)sc2n1[C@H](c1cccs1)C1=C(N=2)c2ccccc2CC1. The monoisotopic (exact) mass is 566 g/mol. The first-order valence-electron chi connectivity index (χ1n) is 12.8. The molecule has 1 aliphatic heterocycles. The molecule has 39 heavy (non-hydrogen) atoms. The summed E-state index contributed by atoms with van der Waals surface area (Å²) in [6.45, 7) is 0.344. The lowest BCUT2D eigenvalue weighted by Crippen LogP contribution is -2.38. The zero-order valence-corrected chi connectivity index (χ0v) is 23.2. The molecule has 3 heterocycles. The first kappa shape index (κ1) is 24.3. The summed E-state index contributed by atoms with van der Waals surface area (Å²) in [5.74, 6) is 0.700. The van der Waals surface area contributed by atoms with Crippen molar-refractivity contribution in [1.29, 1.82) is 0 Å². The predicted molar refractivity (Wildman–Crippen MR) is 159 cm³/mol. The van der Waals surface area contributed by atoms with Gasteiger partial charge in [0.25, 0.3) is 5.56 Å². The van der Waals surface area contributed by atoms with E-state index in [1.54, 1.807) is 11.3 Å². The van der Waals surface area contributed by atoms with E-state index in [0.29, 0.717) is 21.9 Å². The molecule has 1 atom stereocenters. The van der Waals surface area contributed by atoms with Crippen molar-refractivity contribution in [2.24, 2.45) is 4.99 Å². The molecule has 7 rings (SSSR count). The van der Waals surface area contributed by atoms with E-state index in [-0.39, 0.29) is 11.6 Å². The molecule has 2 aromatic heterocycles. The fourth-order valence-electron chi connectivity index (χ4n) is 5.36. The van der Waals surface area contributed by atoms with E-state index < -0.39 is 0 Å². The van der Waals surface area contributed by atoms with Gasteiger partial charge in [0, 0.05) is 26.6 Å². The maximum atomic E-state index is 14.0. The number of rotatable bonds is 5. The van der Waals surface area contributed by atoms with Gasteiger partial charge in [-0.25, -0.2) is 4.99 Å². The van der Waals surface area contributed by atoms with Gasteiger partial charge in [0.15, 0.2) is 4.80 Å². The molecule has 0 spiro atoms. The number of allylic oxidation sites excluding steroid dienone is 1. The highest BCUT2D eigenvalue weighted by atomic mass is 35.5. The molecule has 5 aromatic rings. The van der Waals surface area contributed by atoms with Crippen LogP contribution in [0.3, 0.4) is 0 Å². The molecule has 0 fully saturated rings. The standard InChI is InChI=1S/C32H23ClN2O2S2/c33-25-12-5-2-10-22(25)19-37-26-13-6-3-9-21(26)18-28-31(36)35-30(27-14-7-17-38-27)24-16-15-20-8-1-4-11-23(20)29(24)34-32(35)39-28/h1-14,17-18,30H,15-16,19H2/b28-18-/t30-/m0/s1. The van der Waals surface area contributed by atoms with E-state index in [4.69, 9.17) is 21.3 Å². The van der Waals surface area contributed by atoms with Gasteiger partial charge in [-0.3, -0.25) is 9.36 Å². The van der Waals surface area contributed by atoms with Crippen molar-refractivity contribution in [1.82, 2.24) is 4.57 Å². The average molecular weight is 567 g/mol. The van der Waals surface area contributed by atoms with Crippen LogP contribution in [0.5, 0.6) is 5.75 Å². The third-order valence-corrected chi connectivity index (χ3v) is 9.51. The number of hydrogen-bond donors (Lipinski definition) is 0. The highest BCUT2D eigenvalue weighted by Gasteiger charge is 2.33. The number of thiazole rings is 1. The van der Waals surface area contributed by atoms with Crippen LogP contribution >= 0.6 is 34.3 Å². The fraction of sp³-hybridized carbons (Fsp3) is 0.125. The van der Waals surface area contributed by atoms with Crippen LogP contribution in [0.15, 0.2) is 106 Å². The van der Waals surface area contributed by atoms with Gasteiger partial charge < -0.3 is 4.74 Å². The molecule has 192 valence electrons. The average Bonchev–Trinajstić information content (AvgIpc) is 3.60. The van der Waals surface area contributed by atoms with Crippen LogP contribution in [0, 0.1) is 0 Å². The second-order valence-electron chi connectivity index (χ2n) is 9.55. The van der Waals surface area contributed by atoms with Gasteiger partial charge in [0.1, 0.15) is 12.4 Å². The number of nitrogens with zero attached hydrogens (tertiary/aromatic N) is 2. The topological polar surface area (TPSA) is 43.6 Å². The molecule has 3 aromatic carbocycles. The Morgan fingerprint density at radius 3 is 2.67 bits per heavy atom. The Labute approximate surface area is 238 Å². The smallest absolute Gasteiger partial charge is 0.271 e. The summed E-state index contributed by atoms with van der Waals surface area (Å²) < 4.78 is 8.69. The minimum atomic E-state index is -0.140. The number of halogens is 1. The molecule has 0 N–H and O–H groups in total. The summed E-state index contributed by atoms with van der Waals surface area (Å²) in [5.41, 5.74) is 6.46. The number of benzene rings is 3. The highest BCUT2D eigenvalue weighted by molar-refractivity contribution is 7.10. The Hall–Kier alpha value is -3.71. The van der Waals surface area contributed by atoms with Crippen LogP contribution < -0.4 is 19.6 Å². The van der Waals surface area contributed by atoms with Crippen molar-refractivity contribution in [3.63, 3.8) is 0 Å². The summed E-state index contributed by atoms with van der Waals surface area (Å²) in [6, 6.07) is 28.0. The van der Waals surface area contributed by atoms with Gasteiger partial charge in [0.05, 0.1) is 16.3 Å². The second-order valence-corrected chi connectivity index (χ2v) is 11.9. The van der Waals surface area contributed by atoms with E-state index in [1.807, 2.05) is 59.2 Å². The Kier molecular flexibility index (Phi) is 6.31. The minimum absolute atomic E-state index is 0.0246. The molecule has 4 nitrogen and oxygen atoms in total. The van der Waals surface area contributed by atoms with E-state index >= 15 is 0 Å². The van der Waals surface area contributed by atoms with Crippen LogP contribution in [0.4, 0.5) is 0 Å². The second kappa shape index (κ2) is 10.1. The number of ether oxygens (including phenoxy) is 1. The van der Waals surface area contributed by atoms with Crippen LogP contribution in [-0.4, -0.2) is 4.57 Å². The molecule has 0 amide bonds. The van der Waals surface area contributed by atoms with Crippen LogP contribution in [0.25, 0.3) is 11.8 Å². The molecule has 0 radical (unpaired) electrons. The van der Waals surface area contributed by atoms with Crippen molar-refractivity contribution in [3.05, 3.63) is 148 Å². The van der Waals surface area contributed by atoms with E-state index in [1.165, 1.54) is 28.0 Å². The van der Waals surface area contributed by atoms with E-state index in [0.717, 1.165) is 39.3 Å². The maximum Gasteiger partial charge on any atom is 0.271 e. The normalized spacial score (nSPS) is 16.3. The summed E-state index contributed by atoms with van der Waals surface area (Å²) in [5, 5.41) is 2.75. The molecular weight excluding hydrogens is 544 g/mol. The van der Waals surface area contributed by atoms with Crippen LogP contribution in [-0.2, 0) is 13.0 Å². The number of aryl methyl sites for hydroxylation is 1.